The summed E-state index contributed by atoms with van der Waals surface area (Å²) in [6.07, 6.45) is 1.97. The number of para-hydroxylation sites is 1. The number of rotatable bonds is 0. The lowest BCUT2D eigenvalue weighted by Gasteiger charge is -2.31. The Morgan fingerprint density at radius 1 is 1.46 bits per heavy atom. The molecule has 0 amide bonds. The predicted molar refractivity (Wildman–Crippen MR) is 52.6 cm³/mol. The molecule has 2 rings (SSSR count). The summed E-state index contributed by atoms with van der Waals surface area (Å²) in [5.41, 5.74) is 2.57. The van der Waals surface area contributed by atoms with E-state index in [0.717, 1.165) is 12.8 Å². The van der Waals surface area contributed by atoms with Crippen molar-refractivity contribution in [2.75, 3.05) is 11.9 Å². The number of hydrogen-bond donors (Lipinski definition) is 0. The van der Waals surface area contributed by atoms with E-state index in [4.69, 9.17) is 5.26 Å². The van der Waals surface area contributed by atoms with Crippen LogP contribution in [0.15, 0.2) is 24.3 Å². The third kappa shape index (κ3) is 1.27. The largest absolute Gasteiger partial charge is 0.359 e. The van der Waals surface area contributed by atoms with E-state index in [1.165, 1.54) is 11.3 Å². The fraction of sp³-hybridized carbons (Fsp3) is 0.364. The summed E-state index contributed by atoms with van der Waals surface area (Å²) in [7, 11) is 1.99. The maximum absolute atomic E-state index is 8.90. The highest BCUT2D eigenvalue weighted by Crippen LogP contribution is 2.28. The van der Waals surface area contributed by atoms with E-state index in [0.29, 0.717) is 0 Å². The third-order valence-corrected chi connectivity index (χ3v) is 2.68. The minimum Gasteiger partial charge on any atom is -0.359 e. The fourth-order valence-electron chi connectivity index (χ4n) is 1.87. The van der Waals surface area contributed by atoms with Gasteiger partial charge in [-0.1, -0.05) is 18.2 Å². The summed E-state index contributed by atoms with van der Waals surface area (Å²) in [6, 6.07) is 10.7. The number of benzene rings is 1. The van der Waals surface area contributed by atoms with Crippen LogP contribution in [-0.4, -0.2) is 13.1 Å². The number of hydrogen-bond acceptors (Lipinski definition) is 2. The molecule has 1 aromatic rings. The summed E-state index contributed by atoms with van der Waals surface area (Å²) in [5, 5.41) is 8.90. The highest BCUT2D eigenvalue weighted by molar-refractivity contribution is 5.56. The Bertz CT molecular complexity index is 351. The van der Waals surface area contributed by atoms with Gasteiger partial charge in [0, 0.05) is 12.7 Å². The first-order valence-electron chi connectivity index (χ1n) is 4.53. The van der Waals surface area contributed by atoms with E-state index in [9.17, 15) is 0 Å². The summed E-state index contributed by atoms with van der Waals surface area (Å²) >= 11 is 0. The molecule has 1 aromatic carbocycles. The van der Waals surface area contributed by atoms with Crippen LogP contribution in [0.5, 0.6) is 0 Å². The second-order valence-corrected chi connectivity index (χ2v) is 3.42. The number of fused-ring (bicyclic) bond motifs is 1. The lowest BCUT2D eigenvalue weighted by Crippen LogP contribution is -2.34. The standard InChI is InChI=1S/C11H12N2/c1-13-10(8-12)7-6-9-4-2-3-5-11(9)13/h2-5,10H,6-7H2,1H3/t10-/m1/s1. The zero-order valence-electron chi connectivity index (χ0n) is 7.70. The molecule has 0 aliphatic carbocycles. The van der Waals surface area contributed by atoms with Gasteiger partial charge in [0.05, 0.1) is 6.07 Å². The molecule has 0 unspecified atom stereocenters. The van der Waals surface area contributed by atoms with Gasteiger partial charge in [0.25, 0.3) is 0 Å². The molecule has 0 aromatic heterocycles. The van der Waals surface area contributed by atoms with E-state index < -0.39 is 0 Å². The molecule has 2 heteroatoms. The Labute approximate surface area is 78.4 Å². The van der Waals surface area contributed by atoms with Crippen LogP contribution in [0.3, 0.4) is 0 Å². The van der Waals surface area contributed by atoms with Gasteiger partial charge < -0.3 is 4.90 Å². The van der Waals surface area contributed by atoms with E-state index in [-0.39, 0.29) is 6.04 Å². The third-order valence-electron chi connectivity index (χ3n) is 2.68. The molecule has 66 valence electrons. The lowest BCUT2D eigenvalue weighted by atomic mass is 9.97. The van der Waals surface area contributed by atoms with Crippen LogP contribution in [0.4, 0.5) is 5.69 Å². The molecule has 1 aliphatic heterocycles. The first-order valence-corrected chi connectivity index (χ1v) is 4.53. The van der Waals surface area contributed by atoms with Crippen LogP contribution in [-0.2, 0) is 6.42 Å². The van der Waals surface area contributed by atoms with Crippen molar-refractivity contribution < 1.29 is 0 Å². The molecular weight excluding hydrogens is 160 g/mol. The molecule has 0 bridgehead atoms. The van der Waals surface area contributed by atoms with Crippen LogP contribution in [0.1, 0.15) is 12.0 Å². The van der Waals surface area contributed by atoms with Gasteiger partial charge in [-0.2, -0.15) is 5.26 Å². The lowest BCUT2D eigenvalue weighted by molar-refractivity contribution is 0.654. The van der Waals surface area contributed by atoms with Gasteiger partial charge in [0.1, 0.15) is 6.04 Å². The van der Waals surface area contributed by atoms with E-state index >= 15 is 0 Å². The second kappa shape index (κ2) is 3.10. The smallest absolute Gasteiger partial charge is 0.117 e. The Morgan fingerprint density at radius 3 is 3.00 bits per heavy atom. The van der Waals surface area contributed by atoms with Crippen LogP contribution < -0.4 is 4.90 Å². The monoisotopic (exact) mass is 172 g/mol. The number of aryl methyl sites for hydroxylation is 1. The van der Waals surface area contributed by atoms with Crippen LogP contribution in [0.2, 0.25) is 0 Å². The van der Waals surface area contributed by atoms with E-state index in [2.05, 4.69) is 29.2 Å². The van der Waals surface area contributed by atoms with Gasteiger partial charge >= 0.3 is 0 Å². The highest BCUT2D eigenvalue weighted by Gasteiger charge is 2.21. The first-order chi connectivity index (χ1) is 6.33. The van der Waals surface area contributed by atoms with Crippen molar-refractivity contribution in [1.82, 2.24) is 0 Å². The molecule has 13 heavy (non-hydrogen) atoms. The summed E-state index contributed by atoms with van der Waals surface area (Å²) in [5.74, 6) is 0. The van der Waals surface area contributed by atoms with Crippen LogP contribution >= 0.6 is 0 Å². The Hall–Kier alpha value is -1.49. The van der Waals surface area contributed by atoms with Crippen molar-refractivity contribution >= 4 is 5.69 Å². The van der Waals surface area contributed by atoms with Gasteiger partial charge in [-0.05, 0) is 24.5 Å². The molecule has 0 fully saturated rings. The molecule has 0 N–H and O–H groups in total. The first kappa shape index (κ1) is 8.12. The van der Waals surface area contributed by atoms with Gasteiger partial charge in [-0.15, -0.1) is 0 Å². The van der Waals surface area contributed by atoms with Crippen LogP contribution in [0, 0.1) is 11.3 Å². The molecular formula is C11H12N2. The normalized spacial score (nSPS) is 20.6. The molecule has 1 heterocycles. The predicted octanol–water partition coefficient (Wildman–Crippen LogP) is 1.96. The maximum atomic E-state index is 8.90. The van der Waals surface area contributed by atoms with Crippen molar-refractivity contribution in [2.45, 2.75) is 18.9 Å². The molecule has 2 nitrogen and oxygen atoms in total. The van der Waals surface area contributed by atoms with Crippen molar-refractivity contribution in [3.8, 4) is 6.07 Å². The molecule has 0 saturated heterocycles. The maximum Gasteiger partial charge on any atom is 0.117 e. The minimum atomic E-state index is 0.0508. The SMILES string of the molecule is CN1c2ccccc2CC[C@@H]1C#N. The van der Waals surface area contributed by atoms with E-state index in [1.807, 2.05) is 13.1 Å². The molecule has 0 saturated carbocycles. The van der Waals surface area contributed by atoms with Crippen molar-refractivity contribution in [1.29, 1.82) is 5.26 Å². The topological polar surface area (TPSA) is 27.0 Å². The van der Waals surface area contributed by atoms with E-state index in [1.54, 1.807) is 0 Å². The number of anilines is 1. The van der Waals surface area contributed by atoms with Gasteiger partial charge in [0.2, 0.25) is 0 Å². The van der Waals surface area contributed by atoms with Gasteiger partial charge in [-0.3, -0.25) is 0 Å². The zero-order valence-corrected chi connectivity index (χ0v) is 7.70. The van der Waals surface area contributed by atoms with Gasteiger partial charge in [0.15, 0.2) is 0 Å². The quantitative estimate of drug-likeness (QED) is 0.598. The van der Waals surface area contributed by atoms with Crippen molar-refractivity contribution in [3.63, 3.8) is 0 Å². The summed E-state index contributed by atoms with van der Waals surface area (Å²) < 4.78 is 0. The van der Waals surface area contributed by atoms with Gasteiger partial charge in [-0.25, -0.2) is 0 Å². The second-order valence-electron chi connectivity index (χ2n) is 3.42. The number of nitrogens with zero attached hydrogens (tertiary/aromatic N) is 2. The molecule has 1 atom stereocenters. The van der Waals surface area contributed by atoms with Crippen molar-refractivity contribution in [3.05, 3.63) is 29.8 Å². The minimum absolute atomic E-state index is 0.0508. The fourth-order valence-corrected chi connectivity index (χ4v) is 1.87. The highest BCUT2D eigenvalue weighted by atomic mass is 15.1. The Balaban J connectivity index is 2.40. The average molecular weight is 172 g/mol. The molecule has 1 aliphatic rings. The van der Waals surface area contributed by atoms with Crippen molar-refractivity contribution in [2.24, 2.45) is 0 Å². The number of nitriles is 1. The Morgan fingerprint density at radius 2 is 2.23 bits per heavy atom. The summed E-state index contributed by atoms with van der Waals surface area (Å²) in [6.45, 7) is 0. The molecule has 0 radical (unpaired) electrons. The molecule has 0 spiro atoms. The van der Waals surface area contributed by atoms with Crippen LogP contribution in [0.25, 0.3) is 0 Å². The zero-order chi connectivity index (χ0) is 9.26. The average Bonchev–Trinajstić information content (AvgIpc) is 2.19. The Kier molecular flexibility index (Phi) is 1.94. The summed E-state index contributed by atoms with van der Waals surface area (Å²) in [4.78, 5) is 2.07.